The second-order valence-corrected chi connectivity index (χ2v) is 4.63. The zero-order valence-corrected chi connectivity index (χ0v) is 11.7. The molecule has 0 bridgehead atoms. The Morgan fingerprint density at radius 3 is 2.33 bits per heavy atom. The average Bonchev–Trinajstić information content (AvgIpc) is 2.29. The van der Waals surface area contributed by atoms with Crippen molar-refractivity contribution in [3.8, 4) is 0 Å². The summed E-state index contributed by atoms with van der Waals surface area (Å²) in [6, 6.07) is 6.49. The average molecular weight is 286 g/mol. The summed E-state index contributed by atoms with van der Waals surface area (Å²) in [6.07, 6.45) is 0. The van der Waals surface area contributed by atoms with Gasteiger partial charge in [0.2, 0.25) is 0 Å². The fourth-order valence-electron chi connectivity index (χ4n) is 1.13. The van der Waals surface area contributed by atoms with Crippen LogP contribution in [0.1, 0.15) is 13.8 Å². The van der Waals surface area contributed by atoms with Gasteiger partial charge in [0.25, 0.3) is 0 Å². The van der Waals surface area contributed by atoms with Crippen molar-refractivity contribution in [1.82, 2.24) is 16.2 Å². The number of para-hydroxylation sites is 1. The standard InChI is InChI=1S/C11H15FN4S2/c1-7(2)13-10(17)15-16-11(18)14-9-6-4-3-5-8(9)12/h3-7H,1-2H3,(H2,13,15,17)(H2,14,16,18). The zero-order valence-electron chi connectivity index (χ0n) is 10.1. The monoisotopic (exact) mass is 286 g/mol. The molecule has 0 heterocycles. The molecule has 0 aliphatic carbocycles. The van der Waals surface area contributed by atoms with E-state index in [4.69, 9.17) is 24.4 Å². The highest BCUT2D eigenvalue weighted by atomic mass is 32.1. The van der Waals surface area contributed by atoms with Crippen molar-refractivity contribution < 1.29 is 4.39 Å². The van der Waals surface area contributed by atoms with Crippen LogP contribution in [0, 0.1) is 5.82 Å². The van der Waals surface area contributed by atoms with Crippen LogP contribution < -0.4 is 21.5 Å². The Balaban J connectivity index is 2.39. The molecule has 4 nitrogen and oxygen atoms in total. The van der Waals surface area contributed by atoms with E-state index in [0.29, 0.717) is 10.8 Å². The Labute approximate surface area is 116 Å². The molecule has 0 aliphatic rings. The first kappa shape index (κ1) is 14.6. The van der Waals surface area contributed by atoms with Crippen LogP contribution >= 0.6 is 24.4 Å². The van der Waals surface area contributed by atoms with Crippen LogP contribution in [0.4, 0.5) is 10.1 Å². The predicted octanol–water partition coefficient (Wildman–Crippen LogP) is 1.90. The van der Waals surface area contributed by atoms with E-state index < -0.39 is 0 Å². The Bertz CT molecular complexity index is 437. The van der Waals surface area contributed by atoms with E-state index >= 15 is 0 Å². The molecule has 0 aliphatic heterocycles. The number of hydrazine groups is 1. The van der Waals surface area contributed by atoms with Gasteiger partial charge in [-0.1, -0.05) is 12.1 Å². The lowest BCUT2D eigenvalue weighted by Crippen LogP contribution is -2.49. The molecule has 0 saturated heterocycles. The number of benzene rings is 1. The minimum absolute atomic E-state index is 0.222. The molecule has 1 aromatic rings. The SMILES string of the molecule is CC(C)NC(=S)NNC(=S)Nc1ccccc1F. The zero-order chi connectivity index (χ0) is 13.5. The topological polar surface area (TPSA) is 48.1 Å². The first-order valence-corrected chi connectivity index (χ1v) is 6.18. The quantitative estimate of drug-likeness (QED) is 0.492. The number of hydrogen-bond donors (Lipinski definition) is 4. The minimum atomic E-state index is -0.371. The summed E-state index contributed by atoms with van der Waals surface area (Å²) in [5.41, 5.74) is 5.67. The van der Waals surface area contributed by atoms with Gasteiger partial charge in [-0.05, 0) is 50.4 Å². The van der Waals surface area contributed by atoms with Crippen molar-refractivity contribution in [3.05, 3.63) is 30.1 Å². The van der Waals surface area contributed by atoms with E-state index in [1.165, 1.54) is 6.07 Å². The second-order valence-electron chi connectivity index (χ2n) is 3.81. The summed E-state index contributed by atoms with van der Waals surface area (Å²) >= 11 is 9.98. The van der Waals surface area contributed by atoms with Crippen molar-refractivity contribution in [2.24, 2.45) is 0 Å². The molecule has 1 aromatic carbocycles. The van der Waals surface area contributed by atoms with Crippen LogP contribution in [0.25, 0.3) is 0 Å². The summed E-state index contributed by atoms with van der Waals surface area (Å²) in [5.74, 6) is -0.371. The Morgan fingerprint density at radius 1 is 1.11 bits per heavy atom. The highest BCUT2D eigenvalue weighted by Gasteiger charge is 2.03. The number of hydrogen-bond acceptors (Lipinski definition) is 2. The van der Waals surface area contributed by atoms with Gasteiger partial charge in [0, 0.05) is 6.04 Å². The van der Waals surface area contributed by atoms with Crippen LogP contribution in [-0.2, 0) is 0 Å². The van der Waals surface area contributed by atoms with Gasteiger partial charge in [-0.2, -0.15) is 0 Å². The van der Waals surface area contributed by atoms with E-state index in [-0.39, 0.29) is 17.0 Å². The van der Waals surface area contributed by atoms with Gasteiger partial charge in [0.15, 0.2) is 10.2 Å². The maximum absolute atomic E-state index is 13.3. The van der Waals surface area contributed by atoms with Crippen LogP contribution in [0.5, 0.6) is 0 Å². The number of anilines is 1. The fourth-order valence-corrected chi connectivity index (χ4v) is 1.58. The van der Waals surface area contributed by atoms with Crippen molar-refractivity contribution >= 4 is 40.3 Å². The van der Waals surface area contributed by atoms with Crippen LogP contribution in [-0.4, -0.2) is 16.3 Å². The molecule has 0 saturated carbocycles. The summed E-state index contributed by atoms with van der Waals surface area (Å²) in [5, 5.41) is 6.33. The van der Waals surface area contributed by atoms with Crippen LogP contribution in [0.2, 0.25) is 0 Å². The molecule has 0 spiro atoms. The van der Waals surface area contributed by atoms with Gasteiger partial charge in [0.1, 0.15) is 5.82 Å². The van der Waals surface area contributed by atoms with E-state index in [9.17, 15) is 4.39 Å². The number of rotatable bonds is 2. The van der Waals surface area contributed by atoms with Crippen LogP contribution in [0.3, 0.4) is 0 Å². The maximum Gasteiger partial charge on any atom is 0.189 e. The third kappa shape index (κ3) is 5.24. The first-order chi connectivity index (χ1) is 8.49. The maximum atomic E-state index is 13.3. The first-order valence-electron chi connectivity index (χ1n) is 5.37. The van der Waals surface area contributed by atoms with Gasteiger partial charge in [-0.3, -0.25) is 10.9 Å². The normalized spacial score (nSPS) is 9.78. The summed E-state index contributed by atoms with van der Waals surface area (Å²) in [7, 11) is 0. The lowest BCUT2D eigenvalue weighted by Gasteiger charge is -2.16. The smallest absolute Gasteiger partial charge is 0.189 e. The largest absolute Gasteiger partial charge is 0.359 e. The van der Waals surface area contributed by atoms with Gasteiger partial charge < -0.3 is 10.6 Å². The number of halogens is 1. The second kappa shape index (κ2) is 7.07. The van der Waals surface area contributed by atoms with Crippen LogP contribution in [0.15, 0.2) is 24.3 Å². The third-order valence-corrected chi connectivity index (χ3v) is 2.26. The molecule has 1 rings (SSSR count). The molecule has 0 aromatic heterocycles. The molecule has 7 heteroatoms. The Morgan fingerprint density at radius 2 is 1.72 bits per heavy atom. The minimum Gasteiger partial charge on any atom is -0.359 e. The Hall–Kier alpha value is -1.47. The molecule has 0 unspecified atom stereocenters. The molecule has 0 atom stereocenters. The summed E-state index contributed by atoms with van der Waals surface area (Å²) in [6.45, 7) is 3.92. The molecule has 18 heavy (non-hydrogen) atoms. The molecular weight excluding hydrogens is 271 g/mol. The van der Waals surface area contributed by atoms with Crippen molar-refractivity contribution in [3.63, 3.8) is 0 Å². The van der Waals surface area contributed by atoms with Gasteiger partial charge in [-0.15, -0.1) is 0 Å². The van der Waals surface area contributed by atoms with E-state index in [1.807, 2.05) is 13.8 Å². The third-order valence-electron chi connectivity index (χ3n) is 1.83. The number of thiocarbonyl (C=S) groups is 2. The van der Waals surface area contributed by atoms with E-state index in [1.54, 1.807) is 18.2 Å². The van der Waals surface area contributed by atoms with Gasteiger partial charge >= 0.3 is 0 Å². The Kier molecular flexibility index (Phi) is 5.73. The molecular formula is C11H15FN4S2. The highest BCUT2D eigenvalue weighted by Crippen LogP contribution is 2.11. The number of nitrogens with one attached hydrogen (secondary N) is 4. The lowest BCUT2D eigenvalue weighted by atomic mass is 10.3. The van der Waals surface area contributed by atoms with Gasteiger partial charge in [0.05, 0.1) is 5.69 Å². The van der Waals surface area contributed by atoms with Crippen molar-refractivity contribution in [1.29, 1.82) is 0 Å². The lowest BCUT2D eigenvalue weighted by molar-refractivity contribution is 0.632. The molecule has 4 N–H and O–H groups in total. The summed E-state index contributed by atoms with van der Waals surface area (Å²) < 4.78 is 13.3. The molecule has 0 amide bonds. The van der Waals surface area contributed by atoms with Crippen molar-refractivity contribution in [2.45, 2.75) is 19.9 Å². The molecule has 0 fully saturated rings. The van der Waals surface area contributed by atoms with E-state index in [2.05, 4.69) is 21.5 Å². The predicted molar refractivity (Wildman–Crippen MR) is 79.8 cm³/mol. The fraction of sp³-hybridized carbons (Fsp3) is 0.273. The van der Waals surface area contributed by atoms with Gasteiger partial charge in [-0.25, -0.2) is 4.39 Å². The van der Waals surface area contributed by atoms with E-state index in [0.717, 1.165) is 0 Å². The highest BCUT2D eigenvalue weighted by molar-refractivity contribution is 7.80. The molecule has 98 valence electrons. The summed E-state index contributed by atoms with van der Waals surface area (Å²) in [4.78, 5) is 0. The van der Waals surface area contributed by atoms with Crippen molar-refractivity contribution in [2.75, 3.05) is 5.32 Å². The molecule has 0 radical (unpaired) electrons.